The number of methoxy groups -OCH3 is 2. The van der Waals surface area contributed by atoms with E-state index in [2.05, 4.69) is 10.4 Å². The fraction of sp³-hybridized carbons (Fsp3) is 0.200. The summed E-state index contributed by atoms with van der Waals surface area (Å²) in [5.41, 5.74) is 2.59. The van der Waals surface area contributed by atoms with Crippen LogP contribution >= 0.6 is 11.6 Å². The molecule has 1 amide bonds. The molecule has 4 rings (SSSR count). The van der Waals surface area contributed by atoms with Gasteiger partial charge in [0.05, 0.1) is 26.1 Å². The Hall–Kier alpha value is -2.99. The first-order chi connectivity index (χ1) is 13.1. The van der Waals surface area contributed by atoms with E-state index in [0.29, 0.717) is 28.8 Å². The van der Waals surface area contributed by atoms with Crippen LogP contribution in [0.2, 0.25) is 5.02 Å². The molecule has 27 heavy (non-hydrogen) atoms. The maximum atomic E-state index is 12.5. The Kier molecular flexibility index (Phi) is 4.49. The fourth-order valence-electron chi connectivity index (χ4n) is 3.49. The molecule has 138 valence electrons. The monoisotopic (exact) mass is 383 g/mol. The second-order valence-corrected chi connectivity index (χ2v) is 6.66. The lowest BCUT2D eigenvalue weighted by Gasteiger charge is -2.25. The van der Waals surface area contributed by atoms with Crippen LogP contribution in [0.5, 0.6) is 11.5 Å². The third-order valence-electron chi connectivity index (χ3n) is 4.68. The number of carbonyl (C=O) groups excluding carboxylic acids is 1. The van der Waals surface area contributed by atoms with Gasteiger partial charge in [0.1, 0.15) is 5.82 Å². The van der Waals surface area contributed by atoms with Gasteiger partial charge in [0.2, 0.25) is 5.91 Å². The van der Waals surface area contributed by atoms with E-state index in [1.54, 1.807) is 37.2 Å². The number of amides is 1. The van der Waals surface area contributed by atoms with E-state index >= 15 is 0 Å². The molecule has 1 N–H and O–H groups in total. The van der Waals surface area contributed by atoms with E-state index in [4.69, 9.17) is 21.1 Å². The van der Waals surface area contributed by atoms with E-state index in [1.807, 2.05) is 30.3 Å². The highest BCUT2D eigenvalue weighted by Gasteiger charge is 2.32. The molecule has 2 aromatic carbocycles. The van der Waals surface area contributed by atoms with E-state index < -0.39 is 0 Å². The van der Waals surface area contributed by atoms with Crippen molar-refractivity contribution in [1.82, 2.24) is 9.78 Å². The maximum Gasteiger partial charge on any atom is 0.226 e. The largest absolute Gasteiger partial charge is 0.493 e. The van der Waals surface area contributed by atoms with Crippen LogP contribution in [0.1, 0.15) is 23.5 Å². The molecule has 1 atom stereocenters. The first-order valence-corrected chi connectivity index (χ1v) is 8.84. The lowest BCUT2D eigenvalue weighted by Crippen LogP contribution is -2.24. The quantitative estimate of drug-likeness (QED) is 0.739. The Labute approximate surface area is 161 Å². The predicted octanol–water partition coefficient (Wildman–Crippen LogP) is 4.02. The lowest BCUT2D eigenvalue weighted by atomic mass is 9.86. The number of rotatable bonds is 4. The molecule has 1 aliphatic heterocycles. The fourth-order valence-corrected chi connectivity index (χ4v) is 3.67. The highest BCUT2D eigenvalue weighted by Crippen LogP contribution is 2.44. The third kappa shape index (κ3) is 3.02. The van der Waals surface area contributed by atoms with Gasteiger partial charge in [0, 0.05) is 28.5 Å². The first-order valence-electron chi connectivity index (χ1n) is 8.47. The third-order valence-corrected chi connectivity index (χ3v) is 4.92. The van der Waals surface area contributed by atoms with E-state index in [1.165, 1.54) is 0 Å². The number of hydrogen-bond acceptors (Lipinski definition) is 4. The molecule has 6 nitrogen and oxygen atoms in total. The predicted molar refractivity (Wildman–Crippen MR) is 103 cm³/mol. The van der Waals surface area contributed by atoms with Crippen molar-refractivity contribution in [3.05, 3.63) is 64.8 Å². The van der Waals surface area contributed by atoms with Gasteiger partial charge in [0.25, 0.3) is 0 Å². The molecule has 0 aliphatic carbocycles. The van der Waals surface area contributed by atoms with Gasteiger partial charge >= 0.3 is 0 Å². The van der Waals surface area contributed by atoms with Crippen LogP contribution in [-0.4, -0.2) is 29.9 Å². The summed E-state index contributed by atoms with van der Waals surface area (Å²) in [5.74, 6) is 1.63. The second-order valence-electron chi connectivity index (χ2n) is 6.23. The summed E-state index contributed by atoms with van der Waals surface area (Å²) < 4.78 is 12.7. The van der Waals surface area contributed by atoms with Gasteiger partial charge in [-0.2, -0.15) is 5.10 Å². The standard InChI is InChI=1S/C20H18ClN3O3/c1-26-17-8-4-7-14(19(17)27-2)15-10-18(25)23-20-16(15)11-22-24(20)13-6-3-5-12(21)9-13/h3-9,11,15H,10H2,1-2H3,(H,23,25)/t15-/m0/s1. The zero-order valence-electron chi connectivity index (χ0n) is 14.9. The molecule has 0 unspecified atom stereocenters. The lowest BCUT2D eigenvalue weighted by molar-refractivity contribution is -0.116. The van der Waals surface area contributed by atoms with Crippen molar-refractivity contribution in [3.8, 4) is 17.2 Å². The van der Waals surface area contributed by atoms with Crippen molar-refractivity contribution in [2.75, 3.05) is 19.5 Å². The van der Waals surface area contributed by atoms with Crippen LogP contribution in [0.3, 0.4) is 0 Å². The van der Waals surface area contributed by atoms with Gasteiger partial charge in [-0.1, -0.05) is 29.8 Å². The molecule has 1 aliphatic rings. The molecule has 3 aromatic rings. The number of halogens is 1. The molecule has 0 spiro atoms. The van der Waals surface area contributed by atoms with Crippen LogP contribution in [-0.2, 0) is 4.79 Å². The van der Waals surface area contributed by atoms with Crippen LogP contribution in [0, 0.1) is 0 Å². The van der Waals surface area contributed by atoms with E-state index in [-0.39, 0.29) is 11.8 Å². The smallest absolute Gasteiger partial charge is 0.226 e. The number of ether oxygens (including phenoxy) is 2. The van der Waals surface area contributed by atoms with Gasteiger partial charge < -0.3 is 14.8 Å². The Balaban J connectivity index is 1.85. The van der Waals surface area contributed by atoms with Crippen LogP contribution in [0.25, 0.3) is 5.69 Å². The van der Waals surface area contributed by atoms with Crippen molar-refractivity contribution in [2.24, 2.45) is 0 Å². The number of nitrogens with zero attached hydrogens (tertiary/aromatic N) is 2. The highest BCUT2D eigenvalue weighted by atomic mass is 35.5. The summed E-state index contributed by atoms with van der Waals surface area (Å²) in [6, 6.07) is 13.0. The Bertz CT molecular complexity index is 1020. The van der Waals surface area contributed by atoms with Gasteiger partial charge in [-0.05, 0) is 24.3 Å². The summed E-state index contributed by atoms with van der Waals surface area (Å²) in [5, 5.41) is 8.03. The number of benzene rings is 2. The Morgan fingerprint density at radius 2 is 1.96 bits per heavy atom. The minimum atomic E-state index is -0.188. The molecule has 0 saturated carbocycles. The van der Waals surface area contributed by atoms with E-state index in [0.717, 1.165) is 16.8 Å². The molecule has 0 fully saturated rings. The maximum absolute atomic E-state index is 12.5. The summed E-state index contributed by atoms with van der Waals surface area (Å²) >= 11 is 6.11. The molecular weight excluding hydrogens is 366 g/mol. The number of fused-ring (bicyclic) bond motifs is 1. The molecule has 2 heterocycles. The normalized spacial score (nSPS) is 15.8. The number of hydrogen-bond donors (Lipinski definition) is 1. The van der Waals surface area contributed by atoms with Gasteiger partial charge in [-0.15, -0.1) is 0 Å². The summed E-state index contributed by atoms with van der Waals surface area (Å²) in [7, 11) is 3.19. The van der Waals surface area contributed by atoms with Gasteiger partial charge in [-0.25, -0.2) is 4.68 Å². The summed E-state index contributed by atoms with van der Waals surface area (Å²) in [6.45, 7) is 0. The van der Waals surface area contributed by atoms with Gasteiger partial charge in [0.15, 0.2) is 11.5 Å². The molecular formula is C20H18ClN3O3. The minimum absolute atomic E-state index is 0.0823. The molecule has 1 aromatic heterocycles. The van der Waals surface area contributed by atoms with Crippen LogP contribution in [0.15, 0.2) is 48.7 Å². The molecule has 7 heteroatoms. The van der Waals surface area contributed by atoms with Crippen molar-refractivity contribution in [3.63, 3.8) is 0 Å². The number of carbonyl (C=O) groups is 1. The SMILES string of the molecule is COc1cccc([C@@H]2CC(=O)Nc3c2cnn3-c2cccc(Cl)c2)c1OC. The average molecular weight is 384 g/mol. The zero-order valence-corrected chi connectivity index (χ0v) is 15.7. The summed E-state index contributed by atoms with van der Waals surface area (Å²) in [6.07, 6.45) is 2.08. The number of nitrogens with one attached hydrogen (secondary N) is 1. The first kappa shape index (κ1) is 17.4. The Morgan fingerprint density at radius 3 is 2.70 bits per heavy atom. The Morgan fingerprint density at radius 1 is 1.15 bits per heavy atom. The van der Waals surface area contributed by atoms with Crippen molar-refractivity contribution in [1.29, 1.82) is 0 Å². The summed E-state index contributed by atoms with van der Waals surface area (Å²) in [4.78, 5) is 12.5. The number of anilines is 1. The van der Waals surface area contributed by atoms with Crippen molar-refractivity contribution >= 4 is 23.3 Å². The zero-order chi connectivity index (χ0) is 19.0. The van der Waals surface area contributed by atoms with Gasteiger partial charge in [-0.3, -0.25) is 4.79 Å². The average Bonchev–Trinajstić information content (AvgIpc) is 3.10. The van der Waals surface area contributed by atoms with Crippen molar-refractivity contribution in [2.45, 2.75) is 12.3 Å². The molecule has 0 saturated heterocycles. The molecule has 0 bridgehead atoms. The minimum Gasteiger partial charge on any atom is -0.493 e. The topological polar surface area (TPSA) is 65.4 Å². The second kappa shape index (κ2) is 6.96. The highest BCUT2D eigenvalue weighted by molar-refractivity contribution is 6.30. The molecule has 0 radical (unpaired) electrons. The number of aromatic nitrogens is 2. The van der Waals surface area contributed by atoms with Crippen LogP contribution in [0.4, 0.5) is 5.82 Å². The van der Waals surface area contributed by atoms with Crippen molar-refractivity contribution < 1.29 is 14.3 Å². The number of para-hydroxylation sites is 1. The van der Waals surface area contributed by atoms with E-state index in [9.17, 15) is 4.79 Å². The van der Waals surface area contributed by atoms with Crippen LogP contribution < -0.4 is 14.8 Å².